The van der Waals surface area contributed by atoms with Crippen LogP contribution in [0.25, 0.3) is 0 Å². The maximum atomic E-state index is 13.8. The third kappa shape index (κ3) is 2.96. The second-order valence-corrected chi connectivity index (χ2v) is 4.77. The van der Waals surface area contributed by atoms with Crippen LogP contribution in [0.15, 0.2) is 12.1 Å². The van der Waals surface area contributed by atoms with E-state index in [4.69, 9.17) is 16.2 Å². The Kier molecular flexibility index (Phi) is 3.90. The Labute approximate surface area is 111 Å². The Morgan fingerprint density at radius 1 is 1.58 bits per heavy atom. The number of ether oxygens (including phenoxy) is 1. The van der Waals surface area contributed by atoms with Crippen LogP contribution in [0.2, 0.25) is 0 Å². The van der Waals surface area contributed by atoms with E-state index in [9.17, 15) is 9.18 Å². The minimum absolute atomic E-state index is 0.0420. The van der Waals surface area contributed by atoms with E-state index in [-0.39, 0.29) is 29.1 Å². The molecule has 1 amide bonds. The third-order valence-corrected chi connectivity index (χ3v) is 3.31. The first-order chi connectivity index (χ1) is 8.99. The second kappa shape index (κ2) is 5.44. The molecule has 1 fully saturated rings. The summed E-state index contributed by atoms with van der Waals surface area (Å²) < 4.78 is 19.3. The Balaban J connectivity index is 2.19. The van der Waals surface area contributed by atoms with E-state index in [2.05, 4.69) is 5.32 Å². The molecule has 104 valence electrons. The summed E-state index contributed by atoms with van der Waals surface area (Å²) in [5, 5.41) is 3.01. The predicted octanol–water partition coefficient (Wildman–Crippen LogP) is 1.49. The van der Waals surface area contributed by atoms with Crippen molar-refractivity contribution in [3.05, 3.63) is 23.5 Å². The number of amides is 1. The van der Waals surface area contributed by atoms with Gasteiger partial charge in [-0.05, 0) is 31.9 Å². The summed E-state index contributed by atoms with van der Waals surface area (Å²) in [4.78, 5) is 11.2. The maximum Gasteiger partial charge on any atom is 0.250 e. The fourth-order valence-electron chi connectivity index (χ4n) is 2.25. The van der Waals surface area contributed by atoms with Crippen LogP contribution in [-0.4, -0.2) is 24.7 Å². The van der Waals surface area contributed by atoms with Crippen molar-refractivity contribution in [1.82, 2.24) is 0 Å². The molecule has 1 aromatic carbocycles. The summed E-state index contributed by atoms with van der Waals surface area (Å²) in [5.41, 5.74) is 11.1. The van der Waals surface area contributed by atoms with Crippen LogP contribution in [0, 0.1) is 5.82 Å². The normalized spacial score (nSPS) is 20.2. The fourth-order valence-corrected chi connectivity index (χ4v) is 2.25. The number of nitrogens with two attached hydrogens (primary N) is 2. The molecule has 1 saturated heterocycles. The zero-order valence-corrected chi connectivity index (χ0v) is 10.8. The Bertz CT molecular complexity index is 487. The van der Waals surface area contributed by atoms with Crippen LogP contribution in [-0.2, 0) is 4.74 Å². The molecular weight excluding hydrogens is 249 g/mol. The zero-order valence-electron chi connectivity index (χ0n) is 10.8. The number of rotatable bonds is 4. The van der Waals surface area contributed by atoms with Crippen molar-refractivity contribution < 1.29 is 13.9 Å². The van der Waals surface area contributed by atoms with Gasteiger partial charge in [0.1, 0.15) is 5.82 Å². The van der Waals surface area contributed by atoms with Gasteiger partial charge < -0.3 is 21.5 Å². The number of primary amides is 1. The Morgan fingerprint density at radius 2 is 2.32 bits per heavy atom. The monoisotopic (exact) mass is 267 g/mol. The summed E-state index contributed by atoms with van der Waals surface area (Å²) in [6, 6.07) is 2.39. The first-order valence-corrected chi connectivity index (χ1v) is 6.26. The van der Waals surface area contributed by atoms with Gasteiger partial charge in [-0.15, -0.1) is 0 Å². The molecule has 2 unspecified atom stereocenters. The van der Waals surface area contributed by atoms with Crippen molar-refractivity contribution in [1.29, 1.82) is 0 Å². The van der Waals surface area contributed by atoms with Crippen LogP contribution in [0.4, 0.5) is 15.8 Å². The van der Waals surface area contributed by atoms with Gasteiger partial charge in [-0.2, -0.15) is 0 Å². The van der Waals surface area contributed by atoms with E-state index in [1.807, 2.05) is 6.92 Å². The highest BCUT2D eigenvalue weighted by Crippen LogP contribution is 2.25. The standard InChI is InChI=1S/C13H18FN3O2/c1-7(12-3-2-4-19-12)17-11-5-8(13(16)18)10(15)6-9(11)14/h5-7,12,17H,2-4,15H2,1H3,(H2,16,18). The quantitative estimate of drug-likeness (QED) is 0.721. The van der Waals surface area contributed by atoms with Gasteiger partial charge in [0.05, 0.1) is 17.4 Å². The van der Waals surface area contributed by atoms with Crippen molar-refractivity contribution in [2.45, 2.75) is 31.9 Å². The van der Waals surface area contributed by atoms with Gasteiger partial charge in [0.25, 0.3) is 5.91 Å². The highest BCUT2D eigenvalue weighted by atomic mass is 19.1. The average Bonchev–Trinajstić information content (AvgIpc) is 2.85. The first-order valence-electron chi connectivity index (χ1n) is 6.26. The Morgan fingerprint density at radius 3 is 2.89 bits per heavy atom. The number of nitrogens with one attached hydrogen (secondary N) is 1. The van der Waals surface area contributed by atoms with Gasteiger partial charge in [0.15, 0.2) is 0 Å². The summed E-state index contributed by atoms with van der Waals surface area (Å²) in [6.45, 7) is 2.64. The molecule has 6 heteroatoms. The molecule has 5 nitrogen and oxygen atoms in total. The Hall–Kier alpha value is -1.82. The number of anilines is 2. The number of halogens is 1. The molecule has 1 heterocycles. The van der Waals surface area contributed by atoms with Crippen molar-refractivity contribution in [2.75, 3.05) is 17.7 Å². The molecule has 0 aliphatic carbocycles. The summed E-state index contributed by atoms with van der Waals surface area (Å²) in [7, 11) is 0. The summed E-state index contributed by atoms with van der Waals surface area (Å²) in [5.74, 6) is -1.18. The van der Waals surface area contributed by atoms with Gasteiger partial charge in [-0.25, -0.2) is 4.39 Å². The molecular formula is C13H18FN3O2. The zero-order chi connectivity index (χ0) is 14.0. The molecule has 1 aliphatic rings. The van der Waals surface area contributed by atoms with Gasteiger partial charge in [0.2, 0.25) is 0 Å². The molecule has 0 spiro atoms. The van der Waals surface area contributed by atoms with Crippen molar-refractivity contribution >= 4 is 17.3 Å². The van der Waals surface area contributed by atoms with Crippen LogP contribution in [0.3, 0.4) is 0 Å². The SMILES string of the molecule is CC(Nc1cc(C(N)=O)c(N)cc1F)C1CCCO1. The maximum absolute atomic E-state index is 13.8. The smallest absolute Gasteiger partial charge is 0.250 e. The molecule has 19 heavy (non-hydrogen) atoms. The van der Waals surface area contributed by atoms with Crippen LogP contribution in [0.1, 0.15) is 30.1 Å². The van der Waals surface area contributed by atoms with Gasteiger partial charge >= 0.3 is 0 Å². The van der Waals surface area contributed by atoms with Crippen molar-refractivity contribution in [3.8, 4) is 0 Å². The van der Waals surface area contributed by atoms with Crippen molar-refractivity contribution in [2.24, 2.45) is 5.73 Å². The highest BCUT2D eigenvalue weighted by Gasteiger charge is 2.23. The van der Waals surface area contributed by atoms with Crippen molar-refractivity contribution in [3.63, 3.8) is 0 Å². The van der Waals surface area contributed by atoms with E-state index < -0.39 is 11.7 Å². The van der Waals surface area contributed by atoms with Gasteiger partial charge in [-0.3, -0.25) is 4.79 Å². The molecule has 5 N–H and O–H groups in total. The van der Waals surface area contributed by atoms with E-state index in [1.165, 1.54) is 6.07 Å². The number of hydrogen-bond donors (Lipinski definition) is 3. The molecule has 0 radical (unpaired) electrons. The molecule has 0 saturated carbocycles. The van der Waals surface area contributed by atoms with Crippen LogP contribution in [0.5, 0.6) is 0 Å². The lowest BCUT2D eigenvalue weighted by Gasteiger charge is -2.22. The predicted molar refractivity (Wildman–Crippen MR) is 71.4 cm³/mol. The number of carbonyl (C=O) groups is 1. The fraction of sp³-hybridized carbons (Fsp3) is 0.462. The largest absolute Gasteiger partial charge is 0.398 e. The van der Waals surface area contributed by atoms with E-state index in [0.29, 0.717) is 0 Å². The molecule has 1 aliphatic heterocycles. The number of hydrogen-bond acceptors (Lipinski definition) is 4. The summed E-state index contributed by atoms with van der Waals surface area (Å²) in [6.07, 6.45) is 2.00. The van der Waals surface area contributed by atoms with Crippen LogP contribution < -0.4 is 16.8 Å². The summed E-state index contributed by atoms with van der Waals surface area (Å²) >= 11 is 0. The lowest BCUT2D eigenvalue weighted by Crippen LogP contribution is -2.30. The van der Waals surface area contributed by atoms with E-state index >= 15 is 0 Å². The minimum atomic E-state index is -0.676. The highest BCUT2D eigenvalue weighted by molar-refractivity contribution is 5.99. The molecule has 2 atom stereocenters. The molecule has 0 bridgehead atoms. The second-order valence-electron chi connectivity index (χ2n) is 4.77. The average molecular weight is 267 g/mol. The first kappa shape index (κ1) is 13.6. The van der Waals surface area contributed by atoms with E-state index in [1.54, 1.807) is 0 Å². The lowest BCUT2D eigenvalue weighted by molar-refractivity contribution is 0.0996. The minimum Gasteiger partial charge on any atom is -0.398 e. The van der Waals surface area contributed by atoms with Gasteiger partial charge in [-0.1, -0.05) is 0 Å². The number of benzene rings is 1. The number of carbonyl (C=O) groups excluding carboxylic acids is 1. The lowest BCUT2D eigenvalue weighted by atomic mass is 10.1. The van der Waals surface area contributed by atoms with Crippen LogP contribution >= 0.6 is 0 Å². The molecule has 2 rings (SSSR count). The topological polar surface area (TPSA) is 90.4 Å². The van der Waals surface area contributed by atoms with E-state index in [0.717, 1.165) is 25.5 Å². The molecule has 1 aromatic rings. The van der Waals surface area contributed by atoms with Gasteiger partial charge in [0, 0.05) is 18.3 Å². The molecule has 0 aromatic heterocycles. The number of nitrogen functional groups attached to an aromatic ring is 1. The third-order valence-electron chi connectivity index (χ3n) is 3.31.